The Labute approximate surface area is 96.6 Å². The van der Waals surface area contributed by atoms with E-state index in [2.05, 4.69) is 0 Å². The zero-order valence-corrected chi connectivity index (χ0v) is 11.4. The molecule has 6 nitrogen and oxygen atoms in total. The lowest BCUT2D eigenvalue weighted by molar-refractivity contribution is 0.369. The molecule has 1 atom stereocenters. The van der Waals surface area contributed by atoms with Crippen LogP contribution in [-0.4, -0.2) is 35.4 Å². The van der Waals surface area contributed by atoms with Crippen LogP contribution in [0.25, 0.3) is 0 Å². The standard InChI is InChI=1S/C8H18O6S2/c1-5-8(4,16(12,13)14)6-7(2,3)15(9,10)11/h5-6H2,1-4H3,(H,9,10,11)(H,12,13,14). The van der Waals surface area contributed by atoms with Crippen LogP contribution in [0.4, 0.5) is 0 Å². The molecule has 0 spiro atoms. The Kier molecular flexibility index (Phi) is 4.20. The van der Waals surface area contributed by atoms with E-state index in [-0.39, 0.29) is 12.8 Å². The highest BCUT2D eigenvalue weighted by atomic mass is 32.2. The summed E-state index contributed by atoms with van der Waals surface area (Å²) in [5.41, 5.74) is 0. The predicted molar refractivity (Wildman–Crippen MR) is 60.5 cm³/mol. The second-order valence-corrected chi connectivity index (χ2v) is 8.68. The minimum atomic E-state index is -4.38. The zero-order valence-electron chi connectivity index (χ0n) is 9.76. The molecule has 0 aromatic rings. The first-order chi connectivity index (χ1) is 6.77. The maximum absolute atomic E-state index is 11.2. The highest BCUT2D eigenvalue weighted by Gasteiger charge is 2.46. The lowest BCUT2D eigenvalue weighted by atomic mass is 9.95. The van der Waals surface area contributed by atoms with Crippen LogP contribution in [0.15, 0.2) is 0 Å². The molecule has 0 bridgehead atoms. The zero-order chi connectivity index (χ0) is 13.4. The van der Waals surface area contributed by atoms with Crippen molar-refractivity contribution >= 4 is 20.2 Å². The topological polar surface area (TPSA) is 109 Å². The molecule has 98 valence electrons. The highest BCUT2D eigenvalue weighted by molar-refractivity contribution is 7.88. The molecule has 0 radical (unpaired) electrons. The third-order valence-electron chi connectivity index (χ3n) is 2.87. The van der Waals surface area contributed by atoms with Gasteiger partial charge in [0.15, 0.2) is 0 Å². The molecule has 0 aliphatic rings. The van der Waals surface area contributed by atoms with Gasteiger partial charge in [0.05, 0.1) is 9.49 Å². The fourth-order valence-electron chi connectivity index (χ4n) is 1.39. The number of hydrogen-bond acceptors (Lipinski definition) is 4. The highest BCUT2D eigenvalue weighted by Crippen LogP contribution is 2.34. The molecule has 0 aromatic heterocycles. The summed E-state index contributed by atoms with van der Waals surface area (Å²) in [7, 11) is -8.77. The van der Waals surface area contributed by atoms with Gasteiger partial charge >= 0.3 is 0 Å². The van der Waals surface area contributed by atoms with Crippen molar-refractivity contribution in [1.29, 1.82) is 0 Å². The van der Waals surface area contributed by atoms with E-state index < -0.39 is 29.7 Å². The Morgan fingerprint density at radius 3 is 1.50 bits per heavy atom. The van der Waals surface area contributed by atoms with Crippen molar-refractivity contribution in [3.05, 3.63) is 0 Å². The van der Waals surface area contributed by atoms with E-state index in [0.29, 0.717) is 0 Å². The maximum atomic E-state index is 11.2. The van der Waals surface area contributed by atoms with Crippen LogP contribution >= 0.6 is 0 Å². The first-order valence-corrected chi connectivity index (χ1v) is 7.59. The summed E-state index contributed by atoms with van der Waals surface area (Å²) < 4.78 is 59.2. The minimum Gasteiger partial charge on any atom is -0.285 e. The van der Waals surface area contributed by atoms with Gasteiger partial charge in [-0.2, -0.15) is 16.8 Å². The van der Waals surface area contributed by atoms with Crippen LogP contribution in [0.1, 0.15) is 40.5 Å². The summed E-state index contributed by atoms with van der Waals surface area (Å²) in [5, 5.41) is 0. The Bertz CT molecular complexity index is 447. The average Bonchev–Trinajstić information content (AvgIpc) is 1.99. The average molecular weight is 274 g/mol. The van der Waals surface area contributed by atoms with E-state index in [1.54, 1.807) is 0 Å². The summed E-state index contributed by atoms with van der Waals surface area (Å²) in [6, 6.07) is 0. The fourth-order valence-corrected chi connectivity index (χ4v) is 2.89. The largest absolute Gasteiger partial charge is 0.285 e. The molecule has 0 aromatic carbocycles. The van der Waals surface area contributed by atoms with Crippen molar-refractivity contribution < 1.29 is 25.9 Å². The van der Waals surface area contributed by atoms with Gasteiger partial charge in [0.1, 0.15) is 0 Å². The summed E-state index contributed by atoms with van der Waals surface area (Å²) in [5.74, 6) is 0. The van der Waals surface area contributed by atoms with Gasteiger partial charge in [-0.05, 0) is 33.6 Å². The van der Waals surface area contributed by atoms with Crippen LogP contribution in [0.3, 0.4) is 0 Å². The van der Waals surface area contributed by atoms with Gasteiger partial charge in [-0.1, -0.05) is 6.92 Å². The second kappa shape index (κ2) is 4.25. The fraction of sp³-hybridized carbons (Fsp3) is 1.00. The van der Waals surface area contributed by atoms with E-state index >= 15 is 0 Å². The lowest BCUT2D eigenvalue weighted by Gasteiger charge is -2.32. The van der Waals surface area contributed by atoms with Crippen LogP contribution in [-0.2, 0) is 20.2 Å². The Morgan fingerprint density at radius 1 is 0.938 bits per heavy atom. The third kappa shape index (κ3) is 3.16. The van der Waals surface area contributed by atoms with Gasteiger partial charge in [-0.25, -0.2) is 0 Å². The van der Waals surface area contributed by atoms with E-state index in [4.69, 9.17) is 9.11 Å². The molecule has 16 heavy (non-hydrogen) atoms. The summed E-state index contributed by atoms with van der Waals surface area (Å²) in [4.78, 5) is 0. The van der Waals surface area contributed by atoms with Gasteiger partial charge in [-0.15, -0.1) is 0 Å². The molecule has 0 aliphatic heterocycles. The summed E-state index contributed by atoms with van der Waals surface area (Å²) in [6.45, 7) is 5.19. The monoisotopic (exact) mass is 274 g/mol. The molecule has 0 aliphatic carbocycles. The van der Waals surface area contributed by atoms with Crippen molar-refractivity contribution in [3.63, 3.8) is 0 Å². The Balaban J connectivity index is 5.42. The normalized spacial score (nSPS) is 18.1. The van der Waals surface area contributed by atoms with Crippen molar-refractivity contribution in [2.45, 2.75) is 50.0 Å². The van der Waals surface area contributed by atoms with E-state index in [0.717, 1.165) is 0 Å². The minimum absolute atomic E-state index is 0.0464. The molecule has 0 amide bonds. The summed E-state index contributed by atoms with van der Waals surface area (Å²) >= 11 is 0. The Morgan fingerprint density at radius 2 is 1.31 bits per heavy atom. The van der Waals surface area contributed by atoms with Crippen LogP contribution in [0.5, 0.6) is 0 Å². The number of hydrogen-bond donors (Lipinski definition) is 2. The summed E-state index contributed by atoms with van der Waals surface area (Å²) in [6.07, 6.45) is -0.334. The van der Waals surface area contributed by atoms with Gasteiger partial charge in [0.25, 0.3) is 20.2 Å². The van der Waals surface area contributed by atoms with Gasteiger partial charge in [-0.3, -0.25) is 9.11 Å². The lowest BCUT2D eigenvalue weighted by Crippen LogP contribution is -2.45. The SMILES string of the molecule is CCC(C)(CC(C)(C)S(=O)(=O)O)S(=O)(=O)O. The van der Waals surface area contributed by atoms with Crippen molar-refractivity contribution in [2.24, 2.45) is 0 Å². The van der Waals surface area contributed by atoms with Crippen LogP contribution in [0.2, 0.25) is 0 Å². The van der Waals surface area contributed by atoms with E-state index in [1.807, 2.05) is 0 Å². The molecule has 0 heterocycles. The van der Waals surface area contributed by atoms with Crippen molar-refractivity contribution in [1.82, 2.24) is 0 Å². The predicted octanol–water partition coefficient (Wildman–Crippen LogP) is 1.10. The molecule has 0 fully saturated rings. The Hall–Kier alpha value is -0.180. The quantitative estimate of drug-likeness (QED) is 0.727. The maximum Gasteiger partial charge on any atom is 0.270 e. The van der Waals surface area contributed by atoms with Crippen molar-refractivity contribution in [3.8, 4) is 0 Å². The molecule has 1 unspecified atom stereocenters. The van der Waals surface area contributed by atoms with Crippen LogP contribution < -0.4 is 0 Å². The molecule has 8 heteroatoms. The molecule has 0 saturated heterocycles. The van der Waals surface area contributed by atoms with Gasteiger partial charge in [0, 0.05) is 0 Å². The van der Waals surface area contributed by atoms with Crippen molar-refractivity contribution in [2.75, 3.05) is 0 Å². The van der Waals surface area contributed by atoms with Gasteiger partial charge in [0.2, 0.25) is 0 Å². The van der Waals surface area contributed by atoms with Gasteiger partial charge < -0.3 is 0 Å². The first-order valence-electron chi connectivity index (χ1n) is 4.71. The molecular formula is C8H18O6S2. The molecular weight excluding hydrogens is 256 g/mol. The molecule has 0 rings (SSSR count). The van der Waals surface area contributed by atoms with Crippen LogP contribution in [0, 0.1) is 0 Å². The molecule has 2 N–H and O–H groups in total. The first kappa shape index (κ1) is 15.8. The van der Waals surface area contributed by atoms with E-state index in [1.165, 1.54) is 27.7 Å². The molecule has 0 saturated carbocycles. The third-order valence-corrected chi connectivity index (χ3v) is 6.09. The number of rotatable bonds is 5. The van der Waals surface area contributed by atoms with E-state index in [9.17, 15) is 16.8 Å². The second-order valence-electron chi connectivity index (χ2n) is 4.69. The smallest absolute Gasteiger partial charge is 0.270 e.